The molecule has 2 amide bonds. The Kier molecular flexibility index (Phi) is 7.11. The van der Waals surface area contributed by atoms with Gasteiger partial charge in [0.15, 0.2) is 5.82 Å². The number of carbonyl (C=O) groups excluding carboxylic acids is 1. The lowest BCUT2D eigenvalue weighted by molar-refractivity contribution is -0.384. The second-order valence-corrected chi connectivity index (χ2v) is 7.66. The van der Waals surface area contributed by atoms with Crippen molar-refractivity contribution in [3.63, 3.8) is 0 Å². The van der Waals surface area contributed by atoms with Gasteiger partial charge in [-0.1, -0.05) is 36.4 Å². The Bertz CT molecular complexity index is 1130. The molecule has 0 spiro atoms. The van der Waals surface area contributed by atoms with E-state index in [4.69, 9.17) is 4.98 Å². The van der Waals surface area contributed by atoms with Crippen LogP contribution in [-0.4, -0.2) is 53.0 Å². The Balaban J connectivity index is 2.09. The van der Waals surface area contributed by atoms with E-state index in [9.17, 15) is 14.9 Å². The van der Waals surface area contributed by atoms with Gasteiger partial charge in [0, 0.05) is 36.3 Å². The summed E-state index contributed by atoms with van der Waals surface area (Å²) in [4.78, 5) is 34.7. The lowest BCUT2D eigenvalue weighted by atomic mass is 10.0. The molecular formula is C23H26N6O3. The molecule has 32 heavy (non-hydrogen) atoms. The maximum Gasteiger partial charge on any atom is 0.319 e. The molecule has 9 nitrogen and oxygen atoms in total. The summed E-state index contributed by atoms with van der Waals surface area (Å²) in [6, 6.07) is 13.7. The molecule has 0 radical (unpaired) electrons. The summed E-state index contributed by atoms with van der Waals surface area (Å²) in [5.41, 5.74) is 3.51. The summed E-state index contributed by atoms with van der Waals surface area (Å²) < 4.78 is 0. The number of benzene rings is 2. The third kappa shape index (κ3) is 5.44. The van der Waals surface area contributed by atoms with E-state index in [2.05, 4.69) is 15.6 Å². The van der Waals surface area contributed by atoms with Gasteiger partial charge in [0.2, 0.25) is 0 Å². The van der Waals surface area contributed by atoms with Gasteiger partial charge >= 0.3 is 6.03 Å². The van der Waals surface area contributed by atoms with Crippen LogP contribution in [0.2, 0.25) is 0 Å². The number of aromatic nitrogens is 2. The maximum absolute atomic E-state index is 12.5. The zero-order valence-corrected chi connectivity index (χ0v) is 18.5. The second-order valence-electron chi connectivity index (χ2n) is 7.66. The minimum absolute atomic E-state index is 0.0514. The average molecular weight is 435 g/mol. The molecule has 166 valence electrons. The second kappa shape index (κ2) is 9.97. The van der Waals surface area contributed by atoms with Gasteiger partial charge in [-0.05, 0) is 33.5 Å². The Morgan fingerprint density at radius 1 is 1.09 bits per heavy atom. The van der Waals surface area contributed by atoms with E-state index in [0.717, 1.165) is 11.1 Å². The smallest absolute Gasteiger partial charge is 0.319 e. The first-order chi connectivity index (χ1) is 15.3. The zero-order valence-electron chi connectivity index (χ0n) is 18.5. The number of carbonyl (C=O) groups is 1. The van der Waals surface area contributed by atoms with Gasteiger partial charge in [-0.3, -0.25) is 10.1 Å². The summed E-state index contributed by atoms with van der Waals surface area (Å²) in [7, 11) is 3.84. The van der Waals surface area contributed by atoms with E-state index in [0.29, 0.717) is 41.6 Å². The van der Waals surface area contributed by atoms with Crippen molar-refractivity contribution >= 4 is 17.4 Å². The predicted octanol–water partition coefficient (Wildman–Crippen LogP) is 4.02. The number of nitrogens with zero attached hydrogens (tertiary/aromatic N) is 4. The number of urea groups is 1. The lowest BCUT2D eigenvalue weighted by Crippen LogP contribution is -2.34. The Morgan fingerprint density at radius 3 is 2.47 bits per heavy atom. The van der Waals surface area contributed by atoms with Crippen LogP contribution in [0.4, 0.5) is 16.2 Å². The van der Waals surface area contributed by atoms with Crippen molar-refractivity contribution in [2.75, 3.05) is 32.5 Å². The highest BCUT2D eigenvalue weighted by atomic mass is 16.6. The number of amides is 2. The monoisotopic (exact) mass is 434 g/mol. The number of nitro groups is 1. The van der Waals surface area contributed by atoms with Crippen LogP contribution in [0.25, 0.3) is 22.6 Å². The number of non-ortho nitro benzene ring substituents is 1. The van der Waals surface area contributed by atoms with Crippen LogP contribution in [-0.2, 0) is 0 Å². The van der Waals surface area contributed by atoms with Crippen LogP contribution in [0.3, 0.4) is 0 Å². The molecule has 2 N–H and O–H groups in total. The lowest BCUT2D eigenvalue weighted by Gasteiger charge is -2.17. The largest absolute Gasteiger partial charge is 0.337 e. The van der Waals surface area contributed by atoms with Crippen LogP contribution in [0, 0.1) is 24.0 Å². The van der Waals surface area contributed by atoms with Crippen molar-refractivity contribution in [2.45, 2.75) is 13.8 Å². The first kappa shape index (κ1) is 22.8. The molecule has 0 aliphatic carbocycles. The van der Waals surface area contributed by atoms with Crippen molar-refractivity contribution < 1.29 is 9.72 Å². The van der Waals surface area contributed by atoms with Gasteiger partial charge in [0.05, 0.1) is 22.0 Å². The molecular weight excluding hydrogens is 408 g/mol. The number of anilines is 1. The highest BCUT2D eigenvalue weighted by Gasteiger charge is 2.20. The normalized spacial score (nSPS) is 10.8. The van der Waals surface area contributed by atoms with Crippen LogP contribution in [0.15, 0.2) is 48.5 Å². The number of aryl methyl sites for hydroxylation is 2. The number of rotatable bonds is 7. The summed E-state index contributed by atoms with van der Waals surface area (Å²) in [5.74, 6) is 0.475. The minimum Gasteiger partial charge on any atom is -0.337 e. The van der Waals surface area contributed by atoms with E-state index >= 15 is 0 Å². The van der Waals surface area contributed by atoms with Gasteiger partial charge in [0.1, 0.15) is 0 Å². The highest BCUT2D eigenvalue weighted by molar-refractivity contribution is 5.95. The molecule has 3 rings (SSSR count). The molecule has 0 saturated heterocycles. The Morgan fingerprint density at radius 2 is 1.81 bits per heavy atom. The molecule has 9 heteroatoms. The van der Waals surface area contributed by atoms with Crippen molar-refractivity contribution in [1.29, 1.82) is 0 Å². The highest BCUT2D eigenvalue weighted by Crippen LogP contribution is 2.34. The first-order valence-corrected chi connectivity index (χ1v) is 10.2. The topological polar surface area (TPSA) is 113 Å². The van der Waals surface area contributed by atoms with Gasteiger partial charge in [0.25, 0.3) is 5.69 Å². The van der Waals surface area contributed by atoms with Crippen molar-refractivity contribution in [2.24, 2.45) is 0 Å². The Labute approximate surface area is 186 Å². The van der Waals surface area contributed by atoms with Gasteiger partial charge in [-0.25, -0.2) is 14.8 Å². The standard InChI is InChI=1S/C23H26N6O3/c1-15-10-11-18(29(31)32)14-19(15)21-20(27-23(30)24-12-13-28(3)4)16(2)25-22(26-21)17-8-6-5-7-9-17/h5-11,14H,12-13H2,1-4H3,(H2,24,27,30). The fourth-order valence-corrected chi connectivity index (χ4v) is 3.16. The molecule has 0 bridgehead atoms. The summed E-state index contributed by atoms with van der Waals surface area (Å²) in [6.07, 6.45) is 0. The van der Waals surface area contributed by atoms with E-state index in [1.807, 2.05) is 56.3 Å². The van der Waals surface area contributed by atoms with Crippen molar-refractivity contribution in [3.8, 4) is 22.6 Å². The number of nitro benzene ring substituents is 1. The molecule has 0 atom stereocenters. The van der Waals surface area contributed by atoms with Crippen molar-refractivity contribution in [1.82, 2.24) is 20.2 Å². The van der Waals surface area contributed by atoms with E-state index in [-0.39, 0.29) is 5.69 Å². The molecule has 0 unspecified atom stereocenters. The number of hydrogen-bond acceptors (Lipinski definition) is 6. The fraction of sp³-hybridized carbons (Fsp3) is 0.261. The van der Waals surface area contributed by atoms with Crippen LogP contribution >= 0.6 is 0 Å². The van der Waals surface area contributed by atoms with Crippen LogP contribution in [0.5, 0.6) is 0 Å². The van der Waals surface area contributed by atoms with Crippen LogP contribution < -0.4 is 10.6 Å². The molecule has 1 heterocycles. The number of likely N-dealkylation sites (N-methyl/N-ethyl adjacent to an activating group) is 1. The van der Waals surface area contributed by atoms with Gasteiger partial charge < -0.3 is 15.5 Å². The summed E-state index contributed by atoms with van der Waals surface area (Å²) in [6.45, 7) is 4.78. The third-order valence-corrected chi connectivity index (χ3v) is 4.89. The summed E-state index contributed by atoms with van der Waals surface area (Å²) in [5, 5.41) is 17.0. The van der Waals surface area contributed by atoms with Crippen LogP contribution in [0.1, 0.15) is 11.3 Å². The molecule has 2 aromatic carbocycles. The minimum atomic E-state index is -0.448. The quantitative estimate of drug-likeness (QED) is 0.429. The molecule has 0 fully saturated rings. The van der Waals surface area contributed by atoms with E-state index < -0.39 is 11.0 Å². The molecule has 1 aromatic heterocycles. The van der Waals surface area contributed by atoms with E-state index in [1.54, 1.807) is 13.0 Å². The van der Waals surface area contributed by atoms with Gasteiger partial charge in [-0.2, -0.15) is 0 Å². The molecule has 0 saturated carbocycles. The number of hydrogen-bond donors (Lipinski definition) is 2. The van der Waals surface area contributed by atoms with Crippen molar-refractivity contribution in [3.05, 3.63) is 69.9 Å². The maximum atomic E-state index is 12.5. The van der Waals surface area contributed by atoms with E-state index in [1.165, 1.54) is 12.1 Å². The molecule has 0 aliphatic heterocycles. The Hall–Kier alpha value is -3.85. The zero-order chi connectivity index (χ0) is 23.3. The third-order valence-electron chi connectivity index (χ3n) is 4.89. The summed E-state index contributed by atoms with van der Waals surface area (Å²) >= 11 is 0. The average Bonchev–Trinajstić information content (AvgIpc) is 2.75. The SMILES string of the molecule is Cc1ccc([N+](=O)[O-])cc1-c1nc(-c2ccccc2)nc(C)c1NC(=O)NCCN(C)C. The number of nitrogens with one attached hydrogen (secondary N) is 2. The predicted molar refractivity (Wildman–Crippen MR) is 125 cm³/mol. The first-order valence-electron chi connectivity index (χ1n) is 10.2. The molecule has 0 aliphatic rings. The fourth-order valence-electron chi connectivity index (χ4n) is 3.16. The van der Waals surface area contributed by atoms with Gasteiger partial charge in [-0.15, -0.1) is 0 Å². The molecule has 3 aromatic rings.